The van der Waals surface area contributed by atoms with Gasteiger partial charge in [-0.3, -0.25) is 33.3 Å². The molecule has 3 aromatic rings. The number of aromatic nitrogens is 2. The summed E-state index contributed by atoms with van der Waals surface area (Å²) in [7, 11) is -17.1. The fourth-order valence-electron chi connectivity index (χ4n) is 5.06. The van der Waals surface area contributed by atoms with E-state index in [0.29, 0.717) is 4.57 Å². The number of fused-ring (bicyclic) bond motifs is 2. The number of hydrogen-bond donors (Lipinski definition) is 8. The van der Waals surface area contributed by atoms with Crippen molar-refractivity contribution in [2.45, 2.75) is 24.5 Å². The van der Waals surface area contributed by atoms with Crippen molar-refractivity contribution in [1.29, 1.82) is 0 Å². The molecule has 1 saturated heterocycles. The molecule has 272 valence electrons. The Morgan fingerprint density at radius 2 is 1.51 bits per heavy atom. The number of H-pyrrole nitrogens is 1. The zero-order valence-corrected chi connectivity index (χ0v) is 28.1. The van der Waals surface area contributed by atoms with Gasteiger partial charge >= 0.3 is 29.2 Å². The van der Waals surface area contributed by atoms with Crippen LogP contribution in [0.15, 0.2) is 64.3 Å². The summed E-state index contributed by atoms with van der Waals surface area (Å²) in [5.41, 5.74) is -1.48. The van der Waals surface area contributed by atoms with E-state index < -0.39 is 77.6 Å². The fourth-order valence-corrected chi connectivity index (χ4v) is 8.09. The number of phosphoric acid groups is 3. The molecule has 24 heteroatoms. The molecular weight excluding hydrogens is 747 g/mol. The van der Waals surface area contributed by atoms with Crippen LogP contribution in [0.3, 0.4) is 0 Å². The van der Waals surface area contributed by atoms with Crippen molar-refractivity contribution < 1.29 is 75.7 Å². The molecule has 2 unspecified atom stereocenters. The molecule has 8 N–H and O–H groups in total. The second kappa shape index (κ2) is 14.5. The topological polar surface area (TPSA) is 328 Å². The molecule has 2 aliphatic rings. The summed E-state index contributed by atoms with van der Waals surface area (Å²) < 4.78 is 51.9. The highest BCUT2D eigenvalue weighted by Gasteiger charge is 2.47. The summed E-state index contributed by atoms with van der Waals surface area (Å²) in [6, 6.07) is 10.3. The van der Waals surface area contributed by atoms with Crippen LogP contribution in [0.1, 0.15) is 54.0 Å². The maximum Gasteiger partial charge on any atom is 0.490 e. The summed E-state index contributed by atoms with van der Waals surface area (Å²) >= 11 is 0. The number of phosphoric ester groups is 1. The van der Waals surface area contributed by atoms with E-state index in [1.165, 1.54) is 42.5 Å². The van der Waals surface area contributed by atoms with E-state index in [2.05, 4.69) is 18.5 Å². The van der Waals surface area contributed by atoms with Crippen molar-refractivity contribution in [3.63, 3.8) is 0 Å². The number of amides is 1. The molecule has 1 aromatic heterocycles. The van der Waals surface area contributed by atoms with E-state index in [9.17, 15) is 57.7 Å². The molecule has 1 amide bonds. The van der Waals surface area contributed by atoms with Gasteiger partial charge in [-0.2, -0.15) is 8.62 Å². The lowest BCUT2D eigenvalue weighted by Crippen LogP contribution is -2.38. The standard InChI is InChI=1S/C27H26N3O18P3/c31-20-15-5-1-2-6-16(15)21(32)18-10-13(7-8-17(18)20)24(35)28-9-3-4-14-11-30(27(37)29-25(14)36)26-23(34)22(33)19(46-26)12-45-50(41,42)48-51(43,44)47-49(38,39)40/h1-8,10-11,19,22-23,26,33-34H,9,12H2,(H,28,35)(H,41,42)(H,43,44)(H,29,36,37)(H2,38,39,40)/b4-3+/t19-,22-,23-,26-/m1/s1. The van der Waals surface area contributed by atoms with Crippen LogP contribution in [0.5, 0.6) is 0 Å². The molecule has 6 atom stereocenters. The number of carbonyl (C=O) groups excluding carboxylic acids is 3. The van der Waals surface area contributed by atoms with Gasteiger partial charge in [-0.05, 0) is 18.2 Å². The molecule has 1 aliphatic heterocycles. The second-order valence-corrected chi connectivity index (χ2v) is 15.2. The van der Waals surface area contributed by atoms with Gasteiger partial charge in [0.2, 0.25) is 0 Å². The molecule has 21 nitrogen and oxygen atoms in total. The summed E-state index contributed by atoms with van der Waals surface area (Å²) in [6.07, 6.45) is -3.88. The van der Waals surface area contributed by atoms with E-state index in [-0.39, 0.29) is 45.7 Å². The largest absolute Gasteiger partial charge is 0.490 e. The highest BCUT2D eigenvalue weighted by Crippen LogP contribution is 2.66. The number of aromatic amines is 1. The number of aliphatic hydroxyl groups is 2. The van der Waals surface area contributed by atoms with Crippen LogP contribution in [0.25, 0.3) is 6.08 Å². The summed E-state index contributed by atoms with van der Waals surface area (Å²) in [5, 5.41) is 23.4. The molecule has 5 rings (SSSR count). The Bertz CT molecular complexity index is 2210. The van der Waals surface area contributed by atoms with Gasteiger partial charge in [0.05, 0.1) is 12.2 Å². The van der Waals surface area contributed by atoms with Crippen LogP contribution in [0, 0.1) is 0 Å². The van der Waals surface area contributed by atoms with Crippen molar-refractivity contribution in [2.24, 2.45) is 0 Å². The number of nitrogens with one attached hydrogen (secondary N) is 2. The minimum absolute atomic E-state index is 0.0633. The van der Waals surface area contributed by atoms with Crippen molar-refractivity contribution in [1.82, 2.24) is 14.9 Å². The Kier molecular flexibility index (Phi) is 10.9. The monoisotopic (exact) mass is 773 g/mol. The first kappa shape index (κ1) is 38.2. The van der Waals surface area contributed by atoms with Crippen molar-refractivity contribution >= 4 is 47.0 Å². The van der Waals surface area contributed by atoms with E-state index in [0.717, 1.165) is 6.20 Å². The normalized spacial score (nSPS) is 22.6. The van der Waals surface area contributed by atoms with Crippen molar-refractivity contribution in [3.8, 4) is 0 Å². The highest BCUT2D eigenvalue weighted by molar-refractivity contribution is 7.66. The molecular formula is C27H26N3O18P3. The predicted molar refractivity (Wildman–Crippen MR) is 168 cm³/mol. The molecule has 0 radical (unpaired) electrons. The maximum atomic E-state index is 13.0. The summed E-state index contributed by atoms with van der Waals surface area (Å²) in [4.78, 5) is 102. The van der Waals surface area contributed by atoms with Gasteiger partial charge < -0.3 is 39.8 Å². The first-order valence-corrected chi connectivity index (χ1v) is 18.7. The molecule has 0 bridgehead atoms. The molecule has 1 aliphatic carbocycles. The number of rotatable bonds is 12. The van der Waals surface area contributed by atoms with Gasteiger partial charge in [-0.1, -0.05) is 36.4 Å². The van der Waals surface area contributed by atoms with Gasteiger partial charge in [0, 0.05) is 40.6 Å². The zero-order chi connectivity index (χ0) is 37.5. The molecule has 0 saturated carbocycles. The van der Waals surface area contributed by atoms with E-state index in [4.69, 9.17) is 14.5 Å². The Morgan fingerprint density at radius 3 is 2.16 bits per heavy atom. The lowest BCUT2D eigenvalue weighted by molar-refractivity contribution is -0.0542. The molecule has 0 spiro atoms. The Hall–Kier alpha value is -4.04. The first-order valence-electron chi connectivity index (χ1n) is 14.2. The Morgan fingerprint density at radius 1 is 0.882 bits per heavy atom. The molecule has 51 heavy (non-hydrogen) atoms. The fraction of sp³-hybridized carbons (Fsp3) is 0.222. The Labute approximate surface area is 284 Å². The maximum absolute atomic E-state index is 13.0. The van der Waals surface area contributed by atoms with Gasteiger partial charge in [0.15, 0.2) is 17.8 Å². The average Bonchev–Trinajstić information content (AvgIpc) is 3.32. The number of ketones is 2. The average molecular weight is 773 g/mol. The van der Waals surface area contributed by atoms with Crippen LogP contribution in [0.4, 0.5) is 0 Å². The van der Waals surface area contributed by atoms with E-state index >= 15 is 0 Å². The number of benzene rings is 2. The quantitative estimate of drug-likeness (QED) is 0.0858. The summed E-state index contributed by atoms with van der Waals surface area (Å²) in [5.74, 6) is -1.40. The number of ether oxygens (including phenoxy) is 1. The third-order valence-electron chi connectivity index (χ3n) is 7.29. The number of aliphatic hydroxyl groups excluding tert-OH is 2. The van der Waals surface area contributed by atoms with Crippen LogP contribution < -0.4 is 16.6 Å². The minimum Gasteiger partial charge on any atom is -0.387 e. The molecule has 1 fully saturated rings. The van der Waals surface area contributed by atoms with E-state index in [1.54, 1.807) is 12.1 Å². The number of nitrogens with zero attached hydrogens (tertiary/aromatic N) is 1. The summed E-state index contributed by atoms with van der Waals surface area (Å²) in [6.45, 7) is -1.32. The zero-order valence-electron chi connectivity index (χ0n) is 25.4. The van der Waals surface area contributed by atoms with Crippen molar-refractivity contribution in [2.75, 3.05) is 13.2 Å². The second-order valence-electron chi connectivity index (χ2n) is 10.8. The van der Waals surface area contributed by atoms with Crippen LogP contribution in [-0.2, 0) is 31.6 Å². The predicted octanol–water partition coefficient (Wildman–Crippen LogP) is -0.282. The van der Waals surface area contributed by atoms with Gasteiger partial charge in [-0.25, -0.2) is 18.5 Å². The number of hydrogen-bond acceptors (Lipinski definition) is 14. The first-order chi connectivity index (χ1) is 23.8. The lowest BCUT2D eigenvalue weighted by Gasteiger charge is -2.19. The third-order valence-corrected chi connectivity index (χ3v) is 11.1. The van der Waals surface area contributed by atoms with Gasteiger partial charge in [0.25, 0.3) is 11.5 Å². The molecule has 2 aromatic carbocycles. The Balaban J connectivity index is 1.22. The van der Waals surface area contributed by atoms with Gasteiger partial charge in [-0.15, -0.1) is 0 Å². The van der Waals surface area contributed by atoms with Crippen LogP contribution in [-0.4, -0.2) is 88.3 Å². The lowest BCUT2D eigenvalue weighted by atomic mass is 9.83. The highest BCUT2D eigenvalue weighted by atomic mass is 31.3. The third kappa shape index (κ3) is 8.71. The van der Waals surface area contributed by atoms with Crippen molar-refractivity contribution in [3.05, 3.63) is 109 Å². The SMILES string of the molecule is O=C(NC/C=C/c1cn([C@@H]2O[C@H](COP(=O)(O)OP(=O)(O)OP(=O)(O)O)[C@@H](O)[C@H]2O)c(=O)[nH]c1=O)c1ccc2c(c1)C(=O)c1ccccc1C2=O. The smallest absolute Gasteiger partial charge is 0.387 e. The molecule has 2 heterocycles. The number of carbonyl (C=O) groups is 3. The van der Waals surface area contributed by atoms with Crippen LogP contribution >= 0.6 is 23.5 Å². The van der Waals surface area contributed by atoms with Crippen LogP contribution in [0.2, 0.25) is 0 Å². The minimum atomic E-state index is -5.84. The van der Waals surface area contributed by atoms with E-state index in [1.807, 2.05) is 4.98 Å². The van der Waals surface area contributed by atoms with Gasteiger partial charge in [0.1, 0.15) is 18.3 Å².